The molecule has 0 aliphatic rings. The van der Waals surface area contributed by atoms with Crippen LogP contribution in [0.25, 0.3) is 0 Å². The Morgan fingerprint density at radius 1 is 1.43 bits per heavy atom. The Balaban J connectivity index is 2.15. The predicted octanol–water partition coefficient (Wildman–Crippen LogP) is 3.52. The van der Waals surface area contributed by atoms with Crippen LogP contribution in [0.3, 0.4) is 0 Å². The van der Waals surface area contributed by atoms with Gasteiger partial charge in [-0.1, -0.05) is 40.8 Å². The molecule has 0 bridgehead atoms. The third-order valence-corrected chi connectivity index (χ3v) is 5.09. The van der Waals surface area contributed by atoms with E-state index in [2.05, 4.69) is 15.5 Å². The number of benzene rings is 1. The van der Waals surface area contributed by atoms with Crippen molar-refractivity contribution in [2.45, 2.75) is 30.4 Å². The molecule has 112 valence electrons. The van der Waals surface area contributed by atoms with Crippen LogP contribution in [-0.4, -0.2) is 21.4 Å². The van der Waals surface area contributed by atoms with E-state index in [0.717, 1.165) is 16.8 Å². The van der Waals surface area contributed by atoms with Gasteiger partial charge in [0.15, 0.2) is 4.34 Å². The number of aromatic nitrogens is 2. The number of nitrogens with one attached hydrogen (secondary N) is 1. The van der Waals surface area contributed by atoms with E-state index >= 15 is 0 Å². The maximum absolute atomic E-state index is 11.0. The average molecular weight is 343 g/mol. The van der Waals surface area contributed by atoms with E-state index in [1.165, 1.54) is 23.1 Å². The Morgan fingerprint density at radius 2 is 2.14 bits per heavy atom. The summed E-state index contributed by atoms with van der Waals surface area (Å²) in [5.74, 6) is -0.373. The minimum absolute atomic E-state index is 0.338. The van der Waals surface area contributed by atoms with Gasteiger partial charge < -0.3 is 11.1 Å². The second-order valence-corrected chi connectivity index (χ2v) is 7.57. The number of thioether (sulfide) groups is 1. The molecule has 8 heteroatoms. The first-order chi connectivity index (χ1) is 9.86. The van der Waals surface area contributed by atoms with Crippen molar-refractivity contribution in [3.05, 3.63) is 28.3 Å². The smallest absolute Gasteiger partial charge is 0.230 e. The van der Waals surface area contributed by atoms with E-state index in [1.54, 1.807) is 6.92 Å². The molecule has 1 atom stereocenters. The van der Waals surface area contributed by atoms with Crippen molar-refractivity contribution in [1.82, 2.24) is 10.2 Å². The molecule has 0 saturated heterocycles. The molecule has 0 aliphatic carbocycles. The summed E-state index contributed by atoms with van der Waals surface area (Å²) in [5, 5.41) is 12.2. The molecule has 2 aromatic rings. The van der Waals surface area contributed by atoms with Crippen molar-refractivity contribution in [3.63, 3.8) is 0 Å². The molecule has 1 aromatic carbocycles. The van der Waals surface area contributed by atoms with Crippen molar-refractivity contribution in [2.75, 3.05) is 5.32 Å². The van der Waals surface area contributed by atoms with Crippen LogP contribution in [0, 0.1) is 13.8 Å². The number of nitrogens with zero attached hydrogens (tertiary/aromatic N) is 2. The molecule has 0 radical (unpaired) electrons. The van der Waals surface area contributed by atoms with Crippen LogP contribution in [-0.2, 0) is 4.79 Å². The highest BCUT2D eigenvalue weighted by atomic mass is 35.5. The van der Waals surface area contributed by atoms with Gasteiger partial charge in [0, 0.05) is 0 Å². The van der Waals surface area contributed by atoms with Gasteiger partial charge in [-0.15, -0.1) is 10.2 Å². The van der Waals surface area contributed by atoms with E-state index in [9.17, 15) is 4.79 Å². The zero-order valence-electron chi connectivity index (χ0n) is 11.8. The van der Waals surface area contributed by atoms with Crippen LogP contribution in [0.4, 0.5) is 10.8 Å². The number of aryl methyl sites for hydroxylation is 2. The lowest BCUT2D eigenvalue weighted by Crippen LogP contribution is -2.22. The molecule has 0 unspecified atom stereocenters. The number of carbonyl (C=O) groups excluding carboxylic acids is 1. The number of primary amides is 1. The number of hydrogen-bond acceptors (Lipinski definition) is 6. The minimum atomic E-state index is -0.373. The highest BCUT2D eigenvalue weighted by Gasteiger charge is 2.15. The Morgan fingerprint density at radius 3 is 2.76 bits per heavy atom. The van der Waals surface area contributed by atoms with E-state index in [1.807, 2.05) is 26.0 Å². The van der Waals surface area contributed by atoms with E-state index in [-0.39, 0.29) is 11.2 Å². The van der Waals surface area contributed by atoms with Gasteiger partial charge in [-0.05, 0) is 38.0 Å². The van der Waals surface area contributed by atoms with Crippen LogP contribution in [0.1, 0.15) is 18.1 Å². The topological polar surface area (TPSA) is 80.9 Å². The molecule has 2 rings (SSSR count). The highest BCUT2D eigenvalue weighted by molar-refractivity contribution is 8.02. The first-order valence-electron chi connectivity index (χ1n) is 6.20. The van der Waals surface area contributed by atoms with Crippen molar-refractivity contribution in [2.24, 2.45) is 5.73 Å². The summed E-state index contributed by atoms with van der Waals surface area (Å²) < 4.78 is 0.685. The van der Waals surface area contributed by atoms with Crippen molar-refractivity contribution in [3.8, 4) is 0 Å². The average Bonchev–Trinajstić information content (AvgIpc) is 2.81. The zero-order chi connectivity index (χ0) is 15.6. The molecule has 1 heterocycles. The molecule has 21 heavy (non-hydrogen) atoms. The monoisotopic (exact) mass is 342 g/mol. The summed E-state index contributed by atoms with van der Waals surface area (Å²) in [6.07, 6.45) is 0. The molecule has 0 spiro atoms. The van der Waals surface area contributed by atoms with Crippen LogP contribution in [0.15, 0.2) is 16.5 Å². The molecule has 0 fully saturated rings. The van der Waals surface area contributed by atoms with Gasteiger partial charge in [0.2, 0.25) is 11.0 Å². The molecule has 1 amide bonds. The Kier molecular flexibility index (Phi) is 5.08. The van der Waals surface area contributed by atoms with Gasteiger partial charge in [0.1, 0.15) is 0 Å². The number of amides is 1. The van der Waals surface area contributed by atoms with Crippen molar-refractivity contribution >= 4 is 51.4 Å². The summed E-state index contributed by atoms with van der Waals surface area (Å²) >= 11 is 8.89. The van der Waals surface area contributed by atoms with Crippen LogP contribution < -0.4 is 11.1 Å². The molecule has 5 nitrogen and oxygen atoms in total. The van der Waals surface area contributed by atoms with Crippen LogP contribution >= 0.6 is 34.7 Å². The Labute approximate surface area is 136 Å². The predicted molar refractivity (Wildman–Crippen MR) is 88.6 cm³/mol. The lowest BCUT2D eigenvalue weighted by Gasteiger charge is -2.09. The first-order valence-corrected chi connectivity index (χ1v) is 8.27. The fraction of sp³-hybridized carbons (Fsp3) is 0.308. The van der Waals surface area contributed by atoms with Crippen molar-refractivity contribution in [1.29, 1.82) is 0 Å². The van der Waals surface area contributed by atoms with Gasteiger partial charge in [0.05, 0.1) is 16.0 Å². The SMILES string of the molecule is Cc1cc(C)c(Nc2nnc(S[C@@H](C)C(N)=O)s2)c(Cl)c1. The molecule has 3 N–H and O–H groups in total. The Hall–Kier alpha value is -1.31. The molecule has 0 saturated carbocycles. The molecular weight excluding hydrogens is 328 g/mol. The summed E-state index contributed by atoms with van der Waals surface area (Å²) in [7, 11) is 0. The fourth-order valence-electron chi connectivity index (χ4n) is 1.70. The quantitative estimate of drug-likeness (QED) is 0.812. The molecule has 1 aromatic heterocycles. The van der Waals surface area contributed by atoms with Crippen LogP contribution in [0.5, 0.6) is 0 Å². The lowest BCUT2D eigenvalue weighted by molar-refractivity contribution is -0.117. The van der Waals surface area contributed by atoms with Crippen LogP contribution in [0.2, 0.25) is 5.02 Å². The number of carbonyl (C=O) groups is 1. The second kappa shape index (κ2) is 6.64. The summed E-state index contributed by atoms with van der Waals surface area (Å²) in [6, 6.07) is 3.93. The van der Waals surface area contributed by atoms with Gasteiger partial charge in [-0.3, -0.25) is 4.79 Å². The van der Waals surface area contributed by atoms with E-state index in [0.29, 0.717) is 14.5 Å². The number of rotatable bonds is 5. The maximum Gasteiger partial charge on any atom is 0.230 e. The van der Waals surface area contributed by atoms with Gasteiger partial charge in [-0.2, -0.15) is 0 Å². The third kappa shape index (κ3) is 4.09. The summed E-state index contributed by atoms with van der Waals surface area (Å²) in [6.45, 7) is 5.71. The molecular formula is C13H15ClN4OS2. The van der Waals surface area contributed by atoms with E-state index in [4.69, 9.17) is 17.3 Å². The Bertz CT molecular complexity index is 651. The normalized spacial score (nSPS) is 12.2. The zero-order valence-corrected chi connectivity index (χ0v) is 14.2. The number of halogens is 1. The van der Waals surface area contributed by atoms with E-state index < -0.39 is 0 Å². The van der Waals surface area contributed by atoms with Gasteiger partial charge in [-0.25, -0.2) is 0 Å². The number of hydrogen-bond donors (Lipinski definition) is 2. The maximum atomic E-state index is 11.0. The second-order valence-electron chi connectivity index (χ2n) is 4.60. The standard InChI is InChI=1S/C13H15ClN4OS2/c1-6-4-7(2)10(9(14)5-6)16-12-17-18-13(21-12)20-8(3)11(15)19/h4-5,8H,1-3H3,(H2,15,19)(H,16,17)/t8-/m0/s1. The fourth-order valence-corrected chi connectivity index (χ4v) is 3.92. The first kappa shape index (κ1) is 16.1. The van der Waals surface area contributed by atoms with Gasteiger partial charge >= 0.3 is 0 Å². The number of anilines is 2. The van der Waals surface area contributed by atoms with Crippen molar-refractivity contribution < 1.29 is 4.79 Å². The largest absolute Gasteiger partial charge is 0.369 e. The third-order valence-electron chi connectivity index (χ3n) is 2.75. The summed E-state index contributed by atoms with van der Waals surface area (Å²) in [4.78, 5) is 11.0. The highest BCUT2D eigenvalue weighted by Crippen LogP contribution is 2.34. The molecule has 0 aliphatic heterocycles. The minimum Gasteiger partial charge on any atom is -0.369 e. The lowest BCUT2D eigenvalue weighted by atomic mass is 10.1. The summed E-state index contributed by atoms with van der Waals surface area (Å²) in [5.41, 5.74) is 8.19. The number of nitrogens with two attached hydrogens (primary N) is 1. The van der Waals surface area contributed by atoms with Gasteiger partial charge in [0.25, 0.3) is 0 Å².